The minimum Gasteiger partial charge on any atom is -0.406 e. The number of allylic oxidation sites excluding steroid dienone is 3. The van der Waals surface area contributed by atoms with Crippen LogP contribution in [0.3, 0.4) is 0 Å². The van der Waals surface area contributed by atoms with Gasteiger partial charge in [-0.1, -0.05) is 6.58 Å². The van der Waals surface area contributed by atoms with Crippen molar-refractivity contribution >= 4 is 0 Å². The molecule has 0 bridgehead atoms. The molecule has 0 unspecified atom stereocenters. The zero-order chi connectivity index (χ0) is 11.2. The first-order valence-electron chi connectivity index (χ1n) is 3.86. The van der Waals surface area contributed by atoms with Gasteiger partial charge in [-0.15, -0.1) is 13.2 Å². The van der Waals surface area contributed by atoms with Gasteiger partial charge in [-0.2, -0.15) is 0 Å². The highest BCUT2D eigenvalue weighted by Crippen LogP contribution is 2.21. The van der Waals surface area contributed by atoms with Crippen molar-refractivity contribution in [2.45, 2.75) is 13.3 Å². The standard InChI is InChI=1S/C9H12F3NO/c1-4-8(14-9(10,11)12)6-5-7(2)13-3/h4-6,13H,2H2,1,3H3/b6-5-,8-4+. The minimum absolute atomic E-state index is 0.270. The van der Waals surface area contributed by atoms with Gasteiger partial charge < -0.3 is 10.1 Å². The van der Waals surface area contributed by atoms with Crippen molar-refractivity contribution in [2.24, 2.45) is 0 Å². The number of nitrogens with one attached hydrogen (secondary N) is 1. The molecular formula is C9H12F3NO. The number of likely N-dealkylation sites (N-methyl/N-ethyl adjacent to an activating group) is 1. The van der Waals surface area contributed by atoms with Crippen LogP contribution in [0.15, 0.2) is 36.3 Å². The number of halogens is 3. The summed E-state index contributed by atoms with van der Waals surface area (Å²) in [7, 11) is 1.62. The van der Waals surface area contributed by atoms with Gasteiger partial charge in [0.2, 0.25) is 0 Å². The van der Waals surface area contributed by atoms with E-state index in [4.69, 9.17) is 0 Å². The Morgan fingerprint density at radius 2 is 1.93 bits per heavy atom. The van der Waals surface area contributed by atoms with Gasteiger partial charge in [0.05, 0.1) is 0 Å². The predicted molar refractivity (Wildman–Crippen MR) is 48.2 cm³/mol. The molecule has 0 aliphatic carbocycles. The smallest absolute Gasteiger partial charge is 0.406 e. The average molecular weight is 207 g/mol. The van der Waals surface area contributed by atoms with Gasteiger partial charge in [0.15, 0.2) is 0 Å². The second-order valence-electron chi connectivity index (χ2n) is 2.35. The van der Waals surface area contributed by atoms with Gasteiger partial charge in [0.25, 0.3) is 0 Å². The van der Waals surface area contributed by atoms with Gasteiger partial charge in [-0.25, -0.2) is 0 Å². The normalized spacial score (nSPS) is 13.1. The van der Waals surface area contributed by atoms with E-state index in [1.165, 1.54) is 25.2 Å². The van der Waals surface area contributed by atoms with Crippen LogP contribution in [0.5, 0.6) is 0 Å². The van der Waals surface area contributed by atoms with Crippen LogP contribution in [-0.2, 0) is 4.74 Å². The fourth-order valence-electron chi connectivity index (χ4n) is 0.589. The lowest BCUT2D eigenvalue weighted by atomic mass is 10.3. The molecule has 0 radical (unpaired) electrons. The molecule has 0 heterocycles. The fourth-order valence-corrected chi connectivity index (χ4v) is 0.589. The molecule has 0 atom stereocenters. The second kappa shape index (κ2) is 5.36. The summed E-state index contributed by atoms with van der Waals surface area (Å²) >= 11 is 0. The third-order valence-corrected chi connectivity index (χ3v) is 1.29. The van der Waals surface area contributed by atoms with Crippen LogP contribution in [0.1, 0.15) is 6.92 Å². The zero-order valence-electron chi connectivity index (χ0n) is 7.98. The molecule has 0 amide bonds. The van der Waals surface area contributed by atoms with E-state index in [0.29, 0.717) is 5.70 Å². The number of alkyl halides is 3. The maximum atomic E-state index is 11.8. The lowest BCUT2D eigenvalue weighted by Crippen LogP contribution is -2.12. The summed E-state index contributed by atoms with van der Waals surface area (Å²) in [5.41, 5.74) is 0.495. The molecule has 0 aliphatic rings. The molecule has 0 saturated heterocycles. The summed E-state index contributed by atoms with van der Waals surface area (Å²) in [6, 6.07) is 0. The van der Waals surface area contributed by atoms with Crippen molar-refractivity contribution in [1.29, 1.82) is 0 Å². The van der Waals surface area contributed by atoms with Gasteiger partial charge in [0.1, 0.15) is 5.76 Å². The van der Waals surface area contributed by atoms with Crippen LogP contribution >= 0.6 is 0 Å². The summed E-state index contributed by atoms with van der Waals surface area (Å²) < 4.78 is 39.0. The Labute approximate surface area is 80.7 Å². The molecular weight excluding hydrogens is 195 g/mol. The molecule has 0 fully saturated rings. The largest absolute Gasteiger partial charge is 0.573 e. The molecule has 0 aromatic heterocycles. The second-order valence-corrected chi connectivity index (χ2v) is 2.35. The fraction of sp³-hybridized carbons (Fsp3) is 0.333. The SMILES string of the molecule is C=C(/C=C\C(=C/C)OC(F)(F)F)NC. The van der Waals surface area contributed by atoms with Crippen LogP contribution in [0, 0.1) is 0 Å². The molecule has 0 spiro atoms. The molecule has 2 nitrogen and oxygen atoms in total. The summed E-state index contributed by atoms with van der Waals surface area (Å²) in [6.07, 6.45) is -0.868. The lowest BCUT2D eigenvalue weighted by molar-refractivity contribution is -0.303. The highest BCUT2D eigenvalue weighted by atomic mass is 19.4. The average Bonchev–Trinajstić information content (AvgIpc) is 2.09. The van der Waals surface area contributed by atoms with E-state index in [9.17, 15) is 13.2 Å². The molecule has 5 heteroatoms. The molecule has 14 heavy (non-hydrogen) atoms. The van der Waals surface area contributed by atoms with Crippen molar-refractivity contribution in [3.05, 3.63) is 36.3 Å². The summed E-state index contributed by atoms with van der Waals surface area (Å²) in [4.78, 5) is 0. The third kappa shape index (κ3) is 6.16. The zero-order valence-corrected chi connectivity index (χ0v) is 7.98. The van der Waals surface area contributed by atoms with E-state index in [0.717, 1.165) is 0 Å². The molecule has 0 aromatic carbocycles. The highest BCUT2D eigenvalue weighted by molar-refractivity contribution is 5.21. The molecule has 1 N–H and O–H groups in total. The Bertz CT molecular complexity index is 253. The molecule has 0 aliphatic heterocycles. The van der Waals surface area contributed by atoms with Crippen LogP contribution in [0.25, 0.3) is 0 Å². The summed E-state index contributed by atoms with van der Waals surface area (Å²) in [5, 5.41) is 2.66. The number of rotatable bonds is 4. The third-order valence-electron chi connectivity index (χ3n) is 1.29. The minimum atomic E-state index is -4.66. The maximum Gasteiger partial charge on any atom is 0.573 e. The van der Waals surface area contributed by atoms with Crippen LogP contribution in [0.4, 0.5) is 13.2 Å². The first kappa shape index (κ1) is 12.6. The monoisotopic (exact) mass is 207 g/mol. The summed E-state index contributed by atoms with van der Waals surface area (Å²) in [5.74, 6) is -0.270. The quantitative estimate of drug-likeness (QED) is 0.565. The first-order valence-corrected chi connectivity index (χ1v) is 3.86. The van der Waals surface area contributed by atoms with Crippen molar-refractivity contribution in [1.82, 2.24) is 5.32 Å². The van der Waals surface area contributed by atoms with Gasteiger partial charge in [0, 0.05) is 12.7 Å². The van der Waals surface area contributed by atoms with E-state index in [1.54, 1.807) is 7.05 Å². The Kier molecular flexibility index (Phi) is 4.83. The van der Waals surface area contributed by atoms with Gasteiger partial charge >= 0.3 is 6.36 Å². The Morgan fingerprint density at radius 1 is 1.36 bits per heavy atom. The highest BCUT2D eigenvalue weighted by Gasteiger charge is 2.31. The van der Waals surface area contributed by atoms with E-state index in [2.05, 4.69) is 16.6 Å². The van der Waals surface area contributed by atoms with Crippen molar-refractivity contribution in [3.8, 4) is 0 Å². The molecule has 0 saturated carbocycles. The molecule has 0 rings (SSSR count). The first-order chi connectivity index (χ1) is 6.39. The Hall–Kier alpha value is -1.39. The van der Waals surface area contributed by atoms with E-state index < -0.39 is 6.36 Å². The number of hydrogen-bond acceptors (Lipinski definition) is 2. The number of ether oxygens (including phenoxy) is 1. The van der Waals surface area contributed by atoms with Crippen molar-refractivity contribution < 1.29 is 17.9 Å². The van der Waals surface area contributed by atoms with E-state index in [1.807, 2.05) is 0 Å². The Morgan fingerprint density at radius 3 is 2.29 bits per heavy atom. The van der Waals surface area contributed by atoms with Gasteiger partial charge in [-0.05, 0) is 25.2 Å². The van der Waals surface area contributed by atoms with E-state index >= 15 is 0 Å². The maximum absolute atomic E-state index is 11.8. The number of hydrogen-bond donors (Lipinski definition) is 1. The lowest BCUT2D eigenvalue weighted by Gasteiger charge is -2.08. The van der Waals surface area contributed by atoms with Crippen LogP contribution in [0.2, 0.25) is 0 Å². The Balaban J connectivity index is 4.33. The topological polar surface area (TPSA) is 21.3 Å². The molecule has 0 aromatic rings. The van der Waals surface area contributed by atoms with Crippen LogP contribution < -0.4 is 5.32 Å². The van der Waals surface area contributed by atoms with Crippen molar-refractivity contribution in [3.63, 3.8) is 0 Å². The predicted octanol–water partition coefficient (Wildman–Crippen LogP) is 2.72. The van der Waals surface area contributed by atoms with Crippen LogP contribution in [-0.4, -0.2) is 13.4 Å². The van der Waals surface area contributed by atoms with E-state index in [-0.39, 0.29) is 5.76 Å². The summed E-state index contributed by atoms with van der Waals surface area (Å²) in [6.45, 7) is 4.97. The molecule has 80 valence electrons. The van der Waals surface area contributed by atoms with Gasteiger partial charge in [-0.3, -0.25) is 0 Å². The van der Waals surface area contributed by atoms with Crippen molar-refractivity contribution in [2.75, 3.05) is 7.05 Å².